The van der Waals surface area contributed by atoms with Crippen molar-refractivity contribution >= 4 is 11.9 Å². The first kappa shape index (κ1) is 9.46. The Morgan fingerprint density at radius 1 is 1.44 bits per heavy atom. The molecule has 0 N–H and O–H groups in total. The van der Waals surface area contributed by atoms with E-state index in [1.807, 2.05) is 24.3 Å². The van der Waals surface area contributed by atoms with Crippen LogP contribution in [0.4, 0.5) is 0 Å². The summed E-state index contributed by atoms with van der Waals surface area (Å²) in [5.74, 6) is 1.82. The number of carbonyl (C=O) groups excluding carboxylic acids is 1. The second-order valence-corrected chi connectivity index (χ2v) is 4.07. The number of methoxy groups -OCH3 is 1. The van der Waals surface area contributed by atoms with Crippen LogP contribution in [0, 0.1) is 0 Å². The number of fused-ring (bicyclic) bond motifs is 2. The van der Waals surface area contributed by atoms with E-state index in [1.54, 1.807) is 7.11 Å². The number of ketones is 1. The molecule has 1 aromatic rings. The Hall–Kier alpha value is -1.77. The van der Waals surface area contributed by atoms with Gasteiger partial charge in [-0.2, -0.15) is 0 Å². The molecule has 1 atom stereocenters. The third kappa shape index (κ3) is 1.32. The van der Waals surface area contributed by atoms with Crippen molar-refractivity contribution in [2.45, 2.75) is 18.9 Å². The van der Waals surface area contributed by atoms with E-state index in [9.17, 15) is 4.79 Å². The normalized spacial score (nSPS) is 21.9. The molecule has 1 unspecified atom stereocenters. The van der Waals surface area contributed by atoms with Crippen LogP contribution >= 0.6 is 0 Å². The summed E-state index contributed by atoms with van der Waals surface area (Å²) >= 11 is 0. The monoisotopic (exact) mass is 216 g/mol. The maximum Gasteiger partial charge on any atom is 0.162 e. The van der Waals surface area contributed by atoms with Gasteiger partial charge in [-0.1, -0.05) is 0 Å². The lowest BCUT2D eigenvalue weighted by molar-refractivity contribution is -0.114. The Bertz CT molecular complexity index is 488. The van der Waals surface area contributed by atoms with Gasteiger partial charge in [-0.3, -0.25) is 4.79 Å². The zero-order chi connectivity index (χ0) is 11.1. The lowest BCUT2D eigenvalue weighted by Crippen LogP contribution is -2.19. The molecule has 3 rings (SSSR count). The lowest BCUT2D eigenvalue weighted by atomic mass is 10.0. The van der Waals surface area contributed by atoms with E-state index in [2.05, 4.69) is 0 Å². The summed E-state index contributed by atoms with van der Waals surface area (Å²) in [6.45, 7) is 0. The van der Waals surface area contributed by atoms with E-state index >= 15 is 0 Å². The molecule has 3 nitrogen and oxygen atoms in total. The molecular weight excluding hydrogens is 204 g/mol. The summed E-state index contributed by atoms with van der Waals surface area (Å²) in [7, 11) is 1.63. The first-order chi connectivity index (χ1) is 7.78. The molecule has 1 heterocycles. The van der Waals surface area contributed by atoms with Crippen molar-refractivity contribution in [3.8, 4) is 11.5 Å². The zero-order valence-corrected chi connectivity index (χ0v) is 9.03. The fraction of sp³-hybridized carbons (Fsp3) is 0.308. The van der Waals surface area contributed by atoms with E-state index in [-0.39, 0.29) is 11.9 Å². The maximum atomic E-state index is 11.6. The molecule has 0 saturated heterocycles. The highest BCUT2D eigenvalue weighted by Crippen LogP contribution is 2.37. The summed E-state index contributed by atoms with van der Waals surface area (Å²) in [5, 5.41) is 0. The molecule has 1 aromatic carbocycles. The molecule has 1 fully saturated rings. The van der Waals surface area contributed by atoms with Gasteiger partial charge in [-0.15, -0.1) is 0 Å². The Morgan fingerprint density at radius 3 is 3.12 bits per heavy atom. The molecule has 0 amide bonds. The van der Waals surface area contributed by atoms with Crippen molar-refractivity contribution in [1.82, 2.24) is 0 Å². The zero-order valence-electron chi connectivity index (χ0n) is 9.03. The van der Waals surface area contributed by atoms with E-state index in [1.165, 1.54) is 0 Å². The highest BCUT2D eigenvalue weighted by Gasteiger charge is 2.33. The minimum atomic E-state index is -0.0339. The number of benzene rings is 1. The van der Waals surface area contributed by atoms with Gasteiger partial charge in [-0.05, 0) is 30.7 Å². The fourth-order valence-corrected chi connectivity index (χ4v) is 2.23. The van der Waals surface area contributed by atoms with Crippen molar-refractivity contribution in [2.24, 2.45) is 0 Å². The average molecular weight is 216 g/mol. The van der Waals surface area contributed by atoms with Crippen molar-refractivity contribution in [3.05, 3.63) is 29.3 Å². The van der Waals surface area contributed by atoms with Crippen LogP contribution in [0.2, 0.25) is 0 Å². The molecule has 0 spiro atoms. The second kappa shape index (κ2) is 3.37. The minimum absolute atomic E-state index is 0.0339. The molecule has 16 heavy (non-hydrogen) atoms. The second-order valence-electron chi connectivity index (χ2n) is 4.07. The quantitative estimate of drug-likeness (QED) is 0.722. The molecule has 1 saturated carbocycles. The van der Waals surface area contributed by atoms with Gasteiger partial charge < -0.3 is 9.47 Å². The summed E-state index contributed by atoms with van der Waals surface area (Å²) in [5.41, 5.74) is 1.74. The van der Waals surface area contributed by atoms with Crippen LogP contribution < -0.4 is 9.47 Å². The lowest BCUT2D eigenvalue weighted by Gasteiger charge is -2.21. The van der Waals surface area contributed by atoms with Gasteiger partial charge in [0.05, 0.1) is 7.11 Å². The predicted molar refractivity (Wildman–Crippen MR) is 59.6 cm³/mol. The SMILES string of the molecule is COc1ccc2c(c1)C=C1C(=O)CCC1O2. The van der Waals surface area contributed by atoms with Gasteiger partial charge in [0, 0.05) is 17.6 Å². The van der Waals surface area contributed by atoms with Crippen LogP contribution in [0.3, 0.4) is 0 Å². The Kier molecular flexibility index (Phi) is 1.99. The van der Waals surface area contributed by atoms with Crippen LogP contribution in [0.15, 0.2) is 23.8 Å². The molecule has 0 aromatic heterocycles. The van der Waals surface area contributed by atoms with Crippen LogP contribution in [0.1, 0.15) is 18.4 Å². The third-order valence-electron chi connectivity index (χ3n) is 3.10. The smallest absolute Gasteiger partial charge is 0.162 e. The number of carbonyl (C=O) groups is 1. The fourth-order valence-electron chi connectivity index (χ4n) is 2.23. The van der Waals surface area contributed by atoms with Gasteiger partial charge in [-0.25, -0.2) is 0 Å². The summed E-state index contributed by atoms with van der Waals surface area (Å²) in [6, 6.07) is 5.66. The summed E-state index contributed by atoms with van der Waals surface area (Å²) < 4.78 is 10.9. The molecule has 1 aliphatic heterocycles. The highest BCUT2D eigenvalue weighted by molar-refractivity contribution is 6.03. The largest absolute Gasteiger partial charge is 0.497 e. The first-order valence-electron chi connectivity index (χ1n) is 5.37. The highest BCUT2D eigenvalue weighted by atomic mass is 16.5. The number of ether oxygens (including phenoxy) is 2. The predicted octanol–water partition coefficient (Wildman–Crippen LogP) is 2.20. The minimum Gasteiger partial charge on any atom is -0.497 e. The first-order valence-corrected chi connectivity index (χ1v) is 5.37. The van der Waals surface area contributed by atoms with Gasteiger partial charge >= 0.3 is 0 Å². The summed E-state index contributed by atoms with van der Waals surface area (Å²) in [6.07, 6.45) is 3.30. The number of hydrogen-bond acceptors (Lipinski definition) is 3. The standard InChI is InChI=1S/C13H12O3/c1-15-9-2-4-12-8(6-9)7-10-11(14)3-5-13(10)16-12/h2,4,6-7,13H,3,5H2,1H3. The Balaban J connectivity index is 2.08. The van der Waals surface area contributed by atoms with Crippen LogP contribution in [-0.2, 0) is 4.79 Å². The topological polar surface area (TPSA) is 35.5 Å². The van der Waals surface area contributed by atoms with Gasteiger partial charge in [0.25, 0.3) is 0 Å². The van der Waals surface area contributed by atoms with Gasteiger partial charge in [0.15, 0.2) is 5.78 Å². The molecule has 0 bridgehead atoms. The number of Topliss-reactive ketones (excluding diaryl/α,β-unsaturated/α-hetero) is 1. The van der Waals surface area contributed by atoms with E-state index in [0.29, 0.717) is 6.42 Å². The van der Waals surface area contributed by atoms with Crippen LogP contribution in [-0.4, -0.2) is 19.0 Å². The number of hydrogen-bond donors (Lipinski definition) is 0. The van der Waals surface area contributed by atoms with Crippen molar-refractivity contribution in [1.29, 1.82) is 0 Å². The van der Waals surface area contributed by atoms with E-state index < -0.39 is 0 Å². The molecule has 82 valence electrons. The van der Waals surface area contributed by atoms with Gasteiger partial charge in [0.1, 0.15) is 17.6 Å². The Labute approximate surface area is 93.7 Å². The average Bonchev–Trinajstić information content (AvgIpc) is 2.67. The molecule has 3 heteroatoms. The molecule has 2 aliphatic rings. The Morgan fingerprint density at radius 2 is 2.31 bits per heavy atom. The van der Waals surface area contributed by atoms with Crippen molar-refractivity contribution < 1.29 is 14.3 Å². The van der Waals surface area contributed by atoms with Crippen molar-refractivity contribution in [2.75, 3.05) is 7.11 Å². The van der Waals surface area contributed by atoms with Crippen molar-refractivity contribution in [3.63, 3.8) is 0 Å². The molecular formula is C13H12O3. The summed E-state index contributed by atoms with van der Waals surface area (Å²) in [4.78, 5) is 11.6. The van der Waals surface area contributed by atoms with Gasteiger partial charge in [0.2, 0.25) is 0 Å². The molecule has 0 radical (unpaired) electrons. The van der Waals surface area contributed by atoms with E-state index in [0.717, 1.165) is 29.1 Å². The molecule has 1 aliphatic carbocycles. The maximum absolute atomic E-state index is 11.6. The van der Waals surface area contributed by atoms with Crippen LogP contribution in [0.5, 0.6) is 11.5 Å². The number of rotatable bonds is 1. The third-order valence-corrected chi connectivity index (χ3v) is 3.10. The van der Waals surface area contributed by atoms with E-state index in [4.69, 9.17) is 9.47 Å². The van der Waals surface area contributed by atoms with Crippen LogP contribution in [0.25, 0.3) is 6.08 Å².